The van der Waals surface area contributed by atoms with Crippen LogP contribution >= 0.6 is 0 Å². The third kappa shape index (κ3) is 5.57. The third-order valence-corrected chi connectivity index (χ3v) is 4.31. The van der Waals surface area contributed by atoms with Crippen molar-refractivity contribution in [3.8, 4) is 5.88 Å². The van der Waals surface area contributed by atoms with E-state index in [1.165, 1.54) is 19.3 Å². The van der Waals surface area contributed by atoms with E-state index >= 15 is 0 Å². The average molecular weight is 369 g/mol. The van der Waals surface area contributed by atoms with E-state index in [-0.39, 0.29) is 12.1 Å². The lowest BCUT2D eigenvalue weighted by atomic mass is 10.1. The van der Waals surface area contributed by atoms with Gasteiger partial charge in [-0.15, -0.1) is 0 Å². The molecular weight excluding hydrogens is 342 g/mol. The van der Waals surface area contributed by atoms with Crippen molar-refractivity contribution in [1.29, 1.82) is 0 Å². The summed E-state index contributed by atoms with van der Waals surface area (Å²) >= 11 is 0. The lowest BCUT2D eigenvalue weighted by molar-refractivity contribution is 0.232. The van der Waals surface area contributed by atoms with Gasteiger partial charge in [0.1, 0.15) is 5.82 Å². The molecule has 7 nitrogen and oxygen atoms in total. The second-order valence-corrected chi connectivity index (χ2v) is 6.89. The van der Waals surface area contributed by atoms with E-state index in [2.05, 4.69) is 25.5 Å². The van der Waals surface area contributed by atoms with Gasteiger partial charge in [-0.05, 0) is 45.2 Å². The van der Waals surface area contributed by atoms with Gasteiger partial charge in [0.15, 0.2) is 0 Å². The normalized spacial score (nSPS) is 14.1. The second kappa shape index (κ2) is 9.21. The molecule has 3 heterocycles. The zero-order valence-electron chi connectivity index (χ0n) is 15.9. The Labute approximate surface area is 160 Å². The van der Waals surface area contributed by atoms with Gasteiger partial charge in [-0.2, -0.15) is 0 Å². The Kier molecular flexibility index (Phi) is 6.46. The Morgan fingerprint density at radius 3 is 2.70 bits per heavy atom. The number of piperidine rings is 1. The molecule has 0 aliphatic carbocycles. The van der Waals surface area contributed by atoms with Crippen molar-refractivity contribution in [1.82, 2.24) is 15.3 Å². The Hall–Kier alpha value is -2.83. The summed E-state index contributed by atoms with van der Waals surface area (Å²) in [6.45, 7) is 6.35. The summed E-state index contributed by atoms with van der Waals surface area (Å²) in [7, 11) is 0. The molecule has 27 heavy (non-hydrogen) atoms. The Bertz CT molecular complexity index is 742. The first kappa shape index (κ1) is 18.9. The summed E-state index contributed by atoms with van der Waals surface area (Å²) in [5.41, 5.74) is 1.64. The predicted octanol–water partition coefficient (Wildman–Crippen LogP) is 3.58. The Balaban J connectivity index is 1.55. The fraction of sp³-hybridized carbons (Fsp3) is 0.450. The SMILES string of the molecule is CC(C)Oc1ccc(NC(=O)NCc2cccnc2N2CCCCC2)cn1. The van der Waals surface area contributed by atoms with Crippen molar-refractivity contribution in [2.45, 2.75) is 45.8 Å². The number of carbonyl (C=O) groups is 1. The fourth-order valence-corrected chi connectivity index (χ4v) is 3.07. The van der Waals surface area contributed by atoms with Gasteiger partial charge >= 0.3 is 6.03 Å². The van der Waals surface area contributed by atoms with Crippen LogP contribution < -0.4 is 20.3 Å². The van der Waals surface area contributed by atoms with Gasteiger partial charge in [-0.25, -0.2) is 14.8 Å². The van der Waals surface area contributed by atoms with Gasteiger partial charge < -0.3 is 20.3 Å². The fourth-order valence-electron chi connectivity index (χ4n) is 3.07. The molecule has 2 aromatic heterocycles. The van der Waals surface area contributed by atoms with Crippen molar-refractivity contribution in [3.63, 3.8) is 0 Å². The lowest BCUT2D eigenvalue weighted by Gasteiger charge is -2.29. The van der Waals surface area contributed by atoms with Gasteiger partial charge in [0.25, 0.3) is 0 Å². The van der Waals surface area contributed by atoms with E-state index in [0.717, 1.165) is 24.5 Å². The van der Waals surface area contributed by atoms with Crippen LogP contribution in [0.2, 0.25) is 0 Å². The van der Waals surface area contributed by atoms with E-state index < -0.39 is 0 Å². The Morgan fingerprint density at radius 2 is 2.00 bits per heavy atom. The van der Waals surface area contributed by atoms with Crippen LogP contribution in [0.25, 0.3) is 0 Å². The maximum absolute atomic E-state index is 12.2. The summed E-state index contributed by atoms with van der Waals surface area (Å²) < 4.78 is 5.50. The molecule has 1 aliphatic heterocycles. The van der Waals surface area contributed by atoms with Crippen molar-refractivity contribution in [2.75, 3.05) is 23.3 Å². The highest BCUT2D eigenvalue weighted by Gasteiger charge is 2.15. The zero-order valence-corrected chi connectivity index (χ0v) is 15.9. The standard InChI is InChI=1S/C20H27N5O2/c1-15(2)27-18-9-8-17(14-22-18)24-20(26)23-13-16-7-6-10-21-19(16)25-11-4-3-5-12-25/h6-10,14-15H,3-5,11-13H2,1-2H3,(H2,23,24,26). The smallest absolute Gasteiger partial charge is 0.319 e. The van der Waals surface area contributed by atoms with Crippen LogP contribution in [0.4, 0.5) is 16.3 Å². The van der Waals surface area contributed by atoms with Crippen LogP contribution in [0.3, 0.4) is 0 Å². The molecule has 0 saturated carbocycles. The van der Waals surface area contributed by atoms with E-state index in [9.17, 15) is 4.79 Å². The maximum Gasteiger partial charge on any atom is 0.319 e. The topological polar surface area (TPSA) is 79.4 Å². The molecule has 0 radical (unpaired) electrons. The minimum Gasteiger partial charge on any atom is -0.475 e. The molecule has 0 bridgehead atoms. The molecule has 1 aliphatic rings. The number of nitrogens with one attached hydrogen (secondary N) is 2. The number of hydrogen-bond donors (Lipinski definition) is 2. The first-order valence-corrected chi connectivity index (χ1v) is 9.48. The molecular formula is C20H27N5O2. The van der Waals surface area contributed by atoms with E-state index in [0.29, 0.717) is 18.1 Å². The zero-order chi connectivity index (χ0) is 19.1. The summed E-state index contributed by atoms with van der Waals surface area (Å²) in [6.07, 6.45) is 7.10. The second-order valence-electron chi connectivity index (χ2n) is 6.89. The minimum atomic E-state index is -0.275. The summed E-state index contributed by atoms with van der Waals surface area (Å²) in [5, 5.41) is 5.69. The average Bonchev–Trinajstić information content (AvgIpc) is 2.68. The third-order valence-electron chi connectivity index (χ3n) is 4.31. The molecule has 0 spiro atoms. The molecule has 144 valence electrons. The molecule has 2 N–H and O–H groups in total. The van der Waals surface area contributed by atoms with E-state index in [1.807, 2.05) is 26.0 Å². The lowest BCUT2D eigenvalue weighted by Crippen LogP contribution is -2.33. The van der Waals surface area contributed by atoms with Gasteiger partial charge in [0.2, 0.25) is 5.88 Å². The number of rotatable bonds is 6. The maximum atomic E-state index is 12.2. The summed E-state index contributed by atoms with van der Waals surface area (Å²) in [4.78, 5) is 23.2. The number of carbonyl (C=O) groups excluding carboxylic acids is 1. The van der Waals surface area contributed by atoms with Crippen molar-refractivity contribution in [3.05, 3.63) is 42.2 Å². The Morgan fingerprint density at radius 1 is 1.19 bits per heavy atom. The van der Waals surface area contributed by atoms with Crippen LogP contribution in [-0.2, 0) is 6.54 Å². The molecule has 0 aromatic carbocycles. The number of hydrogen-bond acceptors (Lipinski definition) is 5. The molecule has 1 saturated heterocycles. The van der Waals surface area contributed by atoms with Crippen LogP contribution in [0.5, 0.6) is 5.88 Å². The molecule has 2 aromatic rings. The van der Waals surface area contributed by atoms with Gasteiger partial charge in [-0.1, -0.05) is 6.07 Å². The molecule has 7 heteroatoms. The molecule has 2 amide bonds. The summed E-state index contributed by atoms with van der Waals surface area (Å²) in [6, 6.07) is 7.15. The van der Waals surface area contributed by atoms with Gasteiger partial charge in [-0.3, -0.25) is 0 Å². The minimum absolute atomic E-state index is 0.0631. The van der Waals surface area contributed by atoms with Crippen LogP contribution in [0, 0.1) is 0 Å². The molecule has 0 unspecified atom stereocenters. The van der Waals surface area contributed by atoms with Gasteiger partial charge in [0, 0.05) is 37.5 Å². The highest BCUT2D eigenvalue weighted by molar-refractivity contribution is 5.89. The largest absolute Gasteiger partial charge is 0.475 e. The highest BCUT2D eigenvalue weighted by Crippen LogP contribution is 2.21. The number of ether oxygens (including phenoxy) is 1. The molecule has 1 fully saturated rings. The van der Waals surface area contributed by atoms with Crippen molar-refractivity contribution < 1.29 is 9.53 Å². The summed E-state index contributed by atoms with van der Waals surface area (Å²) in [5.74, 6) is 1.51. The first-order chi connectivity index (χ1) is 13.1. The highest BCUT2D eigenvalue weighted by atomic mass is 16.5. The quantitative estimate of drug-likeness (QED) is 0.814. The van der Waals surface area contributed by atoms with E-state index in [4.69, 9.17) is 4.74 Å². The van der Waals surface area contributed by atoms with E-state index in [1.54, 1.807) is 24.5 Å². The number of urea groups is 1. The number of aromatic nitrogens is 2. The van der Waals surface area contributed by atoms with Crippen LogP contribution in [0.1, 0.15) is 38.7 Å². The van der Waals surface area contributed by atoms with Gasteiger partial charge in [0.05, 0.1) is 18.0 Å². The number of amides is 2. The van der Waals surface area contributed by atoms with Crippen molar-refractivity contribution >= 4 is 17.5 Å². The number of anilines is 2. The van der Waals surface area contributed by atoms with Crippen molar-refractivity contribution in [2.24, 2.45) is 0 Å². The van der Waals surface area contributed by atoms with Crippen LogP contribution in [-0.4, -0.2) is 35.2 Å². The molecule has 3 rings (SSSR count). The number of nitrogens with zero attached hydrogens (tertiary/aromatic N) is 3. The first-order valence-electron chi connectivity index (χ1n) is 9.48. The molecule has 0 atom stereocenters. The predicted molar refractivity (Wildman–Crippen MR) is 106 cm³/mol. The van der Waals surface area contributed by atoms with Crippen LogP contribution in [0.15, 0.2) is 36.7 Å². The monoisotopic (exact) mass is 369 g/mol. The number of pyridine rings is 2.